The second-order valence-electron chi connectivity index (χ2n) is 5.99. The lowest BCUT2D eigenvalue weighted by atomic mass is 9.84. The lowest BCUT2D eigenvalue weighted by molar-refractivity contribution is 0.581. The van der Waals surface area contributed by atoms with Crippen LogP contribution in [-0.4, -0.2) is 26.2 Å². The molecule has 1 saturated heterocycles. The molecule has 2 heteroatoms. The molecule has 0 aliphatic carbocycles. The van der Waals surface area contributed by atoms with Crippen LogP contribution < -0.4 is 10.2 Å². The van der Waals surface area contributed by atoms with Crippen molar-refractivity contribution in [1.82, 2.24) is 5.32 Å². The molecule has 1 N–H and O–H groups in total. The molecule has 2 nitrogen and oxygen atoms in total. The summed E-state index contributed by atoms with van der Waals surface area (Å²) in [5.74, 6) is 0. The molecular formula is C15H24N2. The molecule has 0 aromatic heterocycles. The van der Waals surface area contributed by atoms with Gasteiger partial charge in [-0.3, -0.25) is 0 Å². The first-order valence-electron chi connectivity index (χ1n) is 6.55. The molecule has 2 rings (SSSR count). The van der Waals surface area contributed by atoms with Gasteiger partial charge in [0, 0.05) is 31.9 Å². The maximum atomic E-state index is 3.39. The fourth-order valence-corrected chi connectivity index (χ4v) is 2.61. The maximum absolute atomic E-state index is 3.39. The van der Waals surface area contributed by atoms with Crippen LogP contribution in [0, 0.1) is 6.92 Å². The van der Waals surface area contributed by atoms with E-state index in [-0.39, 0.29) is 5.41 Å². The van der Waals surface area contributed by atoms with Gasteiger partial charge in [0.1, 0.15) is 0 Å². The molecule has 17 heavy (non-hydrogen) atoms. The third kappa shape index (κ3) is 2.81. The summed E-state index contributed by atoms with van der Waals surface area (Å²) in [6, 6.07) is 6.91. The highest BCUT2D eigenvalue weighted by molar-refractivity contribution is 5.52. The minimum Gasteiger partial charge on any atom is -0.369 e. The minimum atomic E-state index is 0.242. The monoisotopic (exact) mass is 232 g/mol. The average Bonchev–Trinajstić information content (AvgIpc) is 2.28. The van der Waals surface area contributed by atoms with Gasteiger partial charge in [0.2, 0.25) is 0 Å². The van der Waals surface area contributed by atoms with E-state index in [1.165, 1.54) is 16.8 Å². The summed E-state index contributed by atoms with van der Waals surface area (Å²) in [5, 5.41) is 3.39. The fourth-order valence-electron chi connectivity index (χ4n) is 2.61. The van der Waals surface area contributed by atoms with Gasteiger partial charge in [-0.15, -0.1) is 0 Å². The summed E-state index contributed by atoms with van der Waals surface area (Å²) in [6.07, 6.45) is 0. The second kappa shape index (κ2) is 4.69. The molecular weight excluding hydrogens is 208 g/mol. The van der Waals surface area contributed by atoms with Crippen LogP contribution in [0.4, 0.5) is 5.69 Å². The maximum Gasteiger partial charge on any atom is 0.0369 e. The van der Waals surface area contributed by atoms with Gasteiger partial charge >= 0.3 is 0 Å². The Morgan fingerprint density at radius 3 is 2.29 bits per heavy atom. The molecule has 1 aromatic rings. The van der Waals surface area contributed by atoms with Crippen LogP contribution in [0.2, 0.25) is 0 Å². The van der Waals surface area contributed by atoms with Gasteiger partial charge in [-0.05, 0) is 35.6 Å². The van der Waals surface area contributed by atoms with Crippen molar-refractivity contribution >= 4 is 5.69 Å². The van der Waals surface area contributed by atoms with E-state index in [0.29, 0.717) is 0 Å². The lowest BCUT2D eigenvalue weighted by Crippen LogP contribution is -2.43. The van der Waals surface area contributed by atoms with Crippen molar-refractivity contribution in [2.75, 3.05) is 31.1 Å². The minimum absolute atomic E-state index is 0.242. The summed E-state index contributed by atoms with van der Waals surface area (Å²) in [5.41, 5.74) is 4.48. The topological polar surface area (TPSA) is 15.3 Å². The van der Waals surface area contributed by atoms with E-state index in [9.17, 15) is 0 Å². The van der Waals surface area contributed by atoms with Crippen LogP contribution in [0.3, 0.4) is 0 Å². The van der Waals surface area contributed by atoms with Crippen molar-refractivity contribution in [3.8, 4) is 0 Å². The van der Waals surface area contributed by atoms with Crippen LogP contribution >= 0.6 is 0 Å². The molecule has 1 aromatic carbocycles. The molecule has 0 amide bonds. The van der Waals surface area contributed by atoms with Crippen LogP contribution in [-0.2, 0) is 5.41 Å². The zero-order chi connectivity index (χ0) is 12.5. The van der Waals surface area contributed by atoms with Crippen LogP contribution in [0.25, 0.3) is 0 Å². The Bertz CT molecular complexity index is 384. The van der Waals surface area contributed by atoms with Gasteiger partial charge in [0.25, 0.3) is 0 Å². The van der Waals surface area contributed by atoms with Gasteiger partial charge in [0.15, 0.2) is 0 Å². The number of nitrogens with one attached hydrogen (secondary N) is 1. The second-order valence-corrected chi connectivity index (χ2v) is 5.99. The molecule has 0 saturated carbocycles. The number of benzene rings is 1. The van der Waals surface area contributed by atoms with Crippen LogP contribution in [0.5, 0.6) is 0 Å². The van der Waals surface area contributed by atoms with E-state index in [1.54, 1.807) is 0 Å². The van der Waals surface area contributed by atoms with Gasteiger partial charge in [-0.2, -0.15) is 0 Å². The van der Waals surface area contributed by atoms with Gasteiger partial charge in [-0.1, -0.05) is 26.8 Å². The summed E-state index contributed by atoms with van der Waals surface area (Å²) >= 11 is 0. The van der Waals surface area contributed by atoms with Crippen molar-refractivity contribution in [2.24, 2.45) is 0 Å². The van der Waals surface area contributed by atoms with Crippen LogP contribution in [0.1, 0.15) is 31.9 Å². The molecule has 0 spiro atoms. The Labute approximate surface area is 105 Å². The number of nitrogens with zero attached hydrogens (tertiary/aromatic N) is 1. The predicted octanol–water partition coefficient (Wildman–Crippen LogP) is 2.70. The highest BCUT2D eigenvalue weighted by atomic mass is 15.2. The standard InChI is InChI=1S/C15H24N2/c1-12-11-13(17-9-7-16-8-10-17)5-6-14(12)15(2,3)4/h5-6,11,16H,7-10H2,1-4H3. The Hall–Kier alpha value is -1.02. The quantitative estimate of drug-likeness (QED) is 0.801. The van der Waals surface area contributed by atoms with Gasteiger partial charge in [-0.25, -0.2) is 0 Å². The number of aryl methyl sites for hydroxylation is 1. The normalized spacial score (nSPS) is 17.3. The van der Waals surface area contributed by atoms with E-state index < -0.39 is 0 Å². The van der Waals surface area contributed by atoms with Gasteiger partial charge in [0.05, 0.1) is 0 Å². The highest BCUT2D eigenvalue weighted by Crippen LogP contribution is 2.28. The van der Waals surface area contributed by atoms with E-state index >= 15 is 0 Å². The van der Waals surface area contributed by atoms with E-state index in [2.05, 4.69) is 56.1 Å². The molecule has 1 aliphatic heterocycles. The average molecular weight is 232 g/mol. The smallest absolute Gasteiger partial charge is 0.0369 e. The van der Waals surface area contributed by atoms with E-state index in [4.69, 9.17) is 0 Å². The Morgan fingerprint density at radius 2 is 1.76 bits per heavy atom. The number of piperazine rings is 1. The highest BCUT2D eigenvalue weighted by Gasteiger charge is 2.17. The first-order chi connectivity index (χ1) is 7.98. The van der Waals surface area contributed by atoms with Crippen molar-refractivity contribution < 1.29 is 0 Å². The lowest BCUT2D eigenvalue weighted by Gasteiger charge is -2.31. The third-order valence-electron chi connectivity index (χ3n) is 3.50. The number of hydrogen-bond donors (Lipinski definition) is 1. The Balaban J connectivity index is 2.24. The molecule has 0 unspecified atom stereocenters. The zero-order valence-corrected chi connectivity index (χ0v) is 11.5. The predicted molar refractivity (Wildman–Crippen MR) is 75.0 cm³/mol. The fraction of sp³-hybridized carbons (Fsp3) is 0.600. The van der Waals surface area contributed by atoms with Gasteiger partial charge < -0.3 is 10.2 Å². The molecule has 94 valence electrons. The van der Waals surface area contributed by atoms with E-state index in [0.717, 1.165) is 26.2 Å². The summed E-state index contributed by atoms with van der Waals surface area (Å²) < 4.78 is 0. The van der Waals surface area contributed by atoms with E-state index in [1.807, 2.05) is 0 Å². The number of anilines is 1. The Morgan fingerprint density at radius 1 is 1.12 bits per heavy atom. The molecule has 0 atom stereocenters. The van der Waals surface area contributed by atoms with Crippen molar-refractivity contribution in [3.05, 3.63) is 29.3 Å². The molecule has 0 radical (unpaired) electrons. The molecule has 1 fully saturated rings. The first-order valence-corrected chi connectivity index (χ1v) is 6.55. The largest absolute Gasteiger partial charge is 0.369 e. The number of rotatable bonds is 1. The molecule has 1 aliphatic rings. The third-order valence-corrected chi connectivity index (χ3v) is 3.50. The van der Waals surface area contributed by atoms with Crippen molar-refractivity contribution in [1.29, 1.82) is 0 Å². The molecule has 1 heterocycles. The zero-order valence-electron chi connectivity index (χ0n) is 11.5. The number of hydrogen-bond acceptors (Lipinski definition) is 2. The summed E-state index contributed by atoms with van der Waals surface area (Å²) in [6.45, 7) is 13.5. The van der Waals surface area contributed by atoms with Crippen LogP contribution in [0.15, 0.2) is 18.2 Å². The first kappa shape index (κ1) is 12.4. The molecule has 0 bridgehead atoms. The van der Waals surface area contributed by atoms with Crippen molar-refractivity contribution in [3.63, 3.8) is 0 Å². The Kier molecular flexibility index (Phi) is 3.43. The SMILES string of the molecule is Cc1cc(N2CCNCC2)ccc1C(C)(C)C. The summed E-state index contributed by atoms with van der Waals surface area (Å²) in [4.78, 5) is 2.47. The summed E-state index contributed by atoms with van der Waals surface area (Å²) in [7, 11) is 0. The van der Waals surface area contributed by atoms with Crippen molar-refractivity contribution in [2.45, 2.75) is 33.1 Å².